The Labute approximate surface area is 165 Å². The second-order valence-corrected chi connectivity index (χ2v) is 7.72. The minimum atomic E-state index is -3.61. The molecule has 2 aromatic rings. The summed E-state index contributed by atoms with van der Waals surface area (Å²) in [5.41, 5.74) is 0.794. The molecule has 8 nitrogen and oxygen atoms in total. The van der Waals surface area contributed by atoms with Gasteiger partial charge in [0.25, 0.3) is 0 Å². The third-order valence-corrected chi connectivity index (χ3v) is 6.24. The van der Waals surface area contributed by atoms with Crippen LogP contribution in [0.4, 0.5) is 5.69 Å². The van der Waals surface area contributed by atoms with E-state index in [2.05, 4.69) is 5.32 Å². The van der Waals surface area contributed by atoms with Gasteiger partial charge in [0.2, 0.25) is 10.0 Å². The fourth-order valence-corrected chi connectivity index (χ4v) is 4.23. The zero-order valence-electron chi connectivity index (χ0n) is 16.5. The monoisotopic (exact) mass is 410 g/mol. The van der Waals surface area contributed by atoms with Crippen LogP contribution >= 0.6 is 0 Å². The molecule has 0 saturated carbocycles. The van der Waals surface area contributed by atoms with Gasteiger partial charge in [-0.05, 0) is 31.2 Å². The van der Waals surface area contributed by atoms with Gasteiger partial charge in [-0.15, -0.1) is 0 Å². The van der Waals surface area contributed by atoms with Crippen molar-refractivity contribution in [1.29, 1.82) is 0 Å². The average molecular weight is 410 g/mol. The summed E-state index contributed by atoms with van der Waals surface area (Å²) in [7, 11) is -2.11. The number of sulfonamides is 1. The first-order valence-corrected chi connectivity index (χ1v) is 10.5. The maximum Gasteiger partial charge on any atom is 0.341 e. The third-order valence-electron chi connectivity index (χ3n) is 4.19. The van der Waals surface area contributed by atoms with Crippen LogP contribution < -0.4 is 10.1 Å². The van der Waals surface area contributed by atoms with E-state index in [9.17, 15) is 13.2 Å². The Kier molecular flexibility index (Phi) is 7.47. The number of rotatable bonds is 10. The molecule has 0 spiro atoms. The quantitative estimate of drug-likeness (QED) is 0.601. The molecule has 0 fully saturated rings. The standard InChI is InChI=1S/C19H26N2O6S/c1-5-21(6-2)28(23,24)14-8-9-17(25-4)16(12-14)20-13-18-15(10-11-27-18)19(22)26-7-3/h8-12,20H,5-7,13H2,1-4H3. The van der Waals surface area contributed by atoms with Gasteiger partial charge in [0.15, 0.2) is 0 Å². The van der Waals surface area contributed by atoms with Crippen molar-refractivity contribution in [2.24, 2.45) is 0 Å². The van der Waals surface area contributed by atoms with Crippen molar-refractivity contribution in [3.05, 3.63) is 41.9 Å². The van der Waals surface area contributed by atoms with E-state index in [1.807, 2.05) is 0 Å². The predicted molar refractivity (Wildman–Crippen MR) is 105 cm³/mol. The molecule has 28 heavy (non-hydrogen) atoms. The summed E-state index contributed by atoms with van der Waals surface area (Å²) in [4.78, 5) is 12.1. The molecule has 0 aliphatic heterocycles. The maximum absolute atomic E-state index is 12.8. The highest BCUT2D eigenvalue weighted by Crippen LogP contribution is 2.29. The summed E-state index contributed by atoms with van der Waals surface area (Å²) in [5, 5.41) is 3.08. The van der Waals surface area contributed by atoms with Crippen LogP contribution in [-0.2, 0) is 21.3 Å². The highest BCUT2D eigenvalue weighted by molar-refractivity contribution is 7.89. The lowest BCUT2D eigenvalue weighted by Crippen LogP contribution is -2.30. The molecule has 1 heterocycles. The first-order chi connectivity index (χ1) is 13.4. The molecule has 0 aliphatic carbocycles. The van der Waals surface area contributed by atoms with E-state index >= 15 is 0 Å². The van der Waals surface area contributed by atoms with E-state index in [1.165, 1.54) is 35.9 Å². The molecule has 0 radical (unpaired) electrons. The lowest BCUT2D eigenvalue weighted by atomic mass is 10.2. The summed E-state index contributed by atoms with van der Waals surface area (Å²) in [5.74, 6) is 0.387. The minimum absolute atomic E-state index is 0.157. The number of anilines is 1. The molecular formula is C19H26N2O6S. The summed E-state index contributed by atoms with van der Waals surface area (Å²) >= 11 is 0. The van der Waals surface area contributed by atoms with Crippen molar-refractivity contribution in [1.82, 2.24) is 4.31 Å². The van der Waals surface area contributed by atoms with Crippen molar-refractivity contribution in [3.63, 3.8) is 0 Å². The molecule has 2 rings (SSSR count). The van der Waals surface area contributed by atoms with Crippen molar-refractivity contribution in [2.75, 3.05) is 32.1 Å². The van der Waals surface area contributed by atoms with E-state index in [4.69, 9.17) is 13.9 Å². The number of furan rings is 1. The Morgan fingerprint density at radius 1 is 1.18 bits per heavy atom. The topological polar surface area (TPSA) is 98.1 Å². The normalized spacial score (nSPS) is 11.5. The van der Waals surface area contributed by atoms with Gasteiger partial charge in [-0.25, -0.2) is 13.2 Å². The number of ether oxygens (including phenoxy) is 2. The van der Waals surface area contributed by atoms with Gasteiger partial charge < -0.3 is 19.2 Å². The van der Waals surface area contributed by atoms with E-state index in [-0.39, 0.29) is 18.0 Å². The van der Waals surface area contributed by atoms with Gasteiger partial charge in [-0.3, -0.25) is 0 Å². The number of nitrogens with zero attached hydrogens (tertiary/aromatic N) is 1. The lowest BCUT2D eigenvalue weighted by molar-refractivity contribution is 0.0524. The number of carbonyl (C=O) groups excluding carboxylic acids is 1. The van der Waals surface area contributed by atoms with Gasteiger partial charge in [0, 0.05) is 13.1 Å². The molecule has 0 aliphatic rings. The number of nitrogens with one attached hydrogen (secondary N) is 1. The Bertz CT molecular complexity index is 903. The second-order valence-electron chi connectivity index (χ2n) is 5.78. The Morgan fingerprint density at radius 2 is 1.89 bits per heavy atom. The molecule has 9 heteroatoms. The van der Waals surface area contributed by atoms with Crippen molar-refractivity contribution < 1.29 is 27.1 Å². The van der Waals surface area contributed by atoms with Crippen molar-refractivity contribution >= 4 is 21.7 Å². The van der Waals surface area contributed by atoms with Crippen molar-refractivity contribution in [2.45, 2.75) is 32.2 Å². The zero-order valence-corrected chi connectivity index (χ0v) is 17.3. The van der Waals surface area contributed by atoms with Crippen LogP contribution in [0.2, 0.25) is 0 Å². The molecule has 0 atom stereocenters. The number of esters is 1. The van der Waals surface area contributed by atoms with Crippen molar-refractivity contribution in [3.8, 4) is 5.75 Å². The highest BCUT2D eigenvalue weighted by atomic mass is 32.2. The summed E-state index contributed by atoms with van der Waals surface area (Å²) in [6, 6.07) is 6.15. The fourth-order valence-electron chi connectivity index (χ4n) is 2.74. The number of benzene rings is 1. The predicted octanol–water partition coefficient (Wildman–Crippen LogP) is 3.11. The molecule has 1 N–H and O–H groups in total. The third kappa shape index (κ3) is 4.66. The number of methoxy groups -OCH3 is 1. The van der Waals surface area contributed by atoms with Crippen LogP contribution in [0.3, 0.4) is 0 Å². The van der Waals surface area contributed by atoms with Gasteiger partial charge in [-0.2, -0.15) is 4.31 Å². The molecule has 0 amide bonds. The summed E-state index contributed by atoms with van der Waals surface area (Å²) in [6.45, 7) is 6.48. The van der Waals surface area contributed by atoms with Crippen LogP contribution in [0.5, 0.6) is 5.75 Å². The molecule has 0 unspecified atom stereocenters. The fraction of sp³-hybridized carbons (Fsp3) is 0.421. The van der Waals surface area contributed by atoms with Crippen LogP contribution in [-0.4, -0.2) is 45.5 Å². The smallest absolute Gasteiger partial charge is 0.341 e. The molecule has 0 bridgehead atoms. The summed E-state index contributed by atoms with van der Waals surface area (Å²) < 4.78 is 42.6. The first-order valence-electron chi connectivity index (χ1n) is 9.04. The summed E-state index contributed by atoms with van der Waals surface area (Å²) in [6.07, 6.45) is 1.40. The molecule has 154 valence electrons. The Morgan fingerprint density at radius 3 is 2.50 bits per heavy atom. The Balaban J connectivity index is 2.29. The van der Waals surface area contributed by atoms with E-state index in [0.29, 0.717) is 35.9 Å². The molecule has 1 aromatic carbocycles. The second kappa shape index (κ2) is 9.61. The Hall–Kier alpha value is -2.52. The number of carbonyl (C=O) groups is 1. The van der Waals surface area contributed by atoms with E-state index in [1.54, 1.807) is 26.8 Å². The lowest BCUT2D eigenvalue weighted by Gasteiger charge is -2.19. The van der Waals surface area contributed by atoms with Crippen LogP contribution in [0.1, 0.15) is 36.9 Å². The van der Waals surface area contributed by atoms with E-state index < -0.39 is 16.0 Å². The van der Waals surface area contributed by atoms with Crippen LogP contribution in [0.15, 0.2) is 39.8 Å². The van der Waals surface area contributed by atoms with Crippen LogP contribution in [0.25, 0.3) is 0 Å². The highest BCUT2D eigenvalue weighted by Gasteiger charge is 2.23. The van der Waals surface area contributed by atoms with Crippen LogP contribution in [0, 0.1) is 0 Å². The SMILES string of the molecule is CCOC(=O)c1ccoc1CNc1cc(S(=O)(=O)N(CC)CC)ccc1OC. The van der Waals surface area contributed by atoms with Gasteiger partial charge in [-0.1, -0.05) is 13.8 Å². The minimum Gasteiger partial charge on any atom is -0.495 e. The molecule has 0 saturated heterocycles. The first kappa shape index (κ1) is 21.8. The largest absolute Gasteiger partial charge is 0.495 e. The number of hydrogen-bond acceptors (Lipinski definition) is 7. The zero-order chi connectivity index (χ0) is 20.7. The van der Waals surface area contributed by atoms with E-state index in [0.717, 1.165) is 0 Å². The molecule has 1 aromatic heterocycles. The molecular weight excluding hydrogens is 384 g/mol. The maximum atomic E-state index is 12.8. The average Bonchev–Trinajstić information content (AvgIpc) is 3.15. The van der Waals surface area contributed by atoms with Gasteiger partial charge in [0.05, 0.1) is 37.1 Å². The van der Waals surface area contributed by atoms with Gasteiger partial charge in [0.1, 0.15) is 17.1 Å². The van der Waals surface area contributed by atoms with Gasteiger partial charge >= 0.3 is 5.97 Å². The number of hydrogen-bond donors (Lipinski definition) is 1.